The predicted molar refractivity (Wildman–Crippen MR) is 76.4 cm³/mol. The molecule has 2 rings (SSSR count). The number of carboxylic acid groups (broad SMARTS) is 1. The fourth-order valence-electron chi connectivity index (χ4n) is 1.99. The molecule has 1 aromatic heterocycles. The second-order valence-electron chi connectivity index (χ2n) is 4.70. The van der Waals surface area contributed by atoms with Gasteiger partial charge in [0.25, 0.3) is 5.69 Å². The number of nitro benzene ring substituents is 1. The van der Waals surface area contributed by atoms with Gasteiger partial charge in [0, 0.05) is 17.9 Å². The van der Waals surface area contributed by atoms with Crippen molar-refractivity contribution >= 4 is 28.4 Å². The molecular weight excluding hydrogens is 294 g/mol. The number of carboxylic acids is 1. The van der Waals surface area contributed by atoms with Crippen molar-refractivity contribution in [2.24, 2.45) is 5.73 Å². The van der Waals surface area contributed by atoms with E-state index < -0.39 is 16.9 Å². The number of hydrogen-bond donors (Lipinski definition) is 3. The van der Waals surface area contributed by atoms with Crippen LogP contribution >= 0.6 is 0 Å². The number of nitro groups is 1. The Morgan fingerprint density at radius 3 is 2.95 bits per heavy atom. The molecule has 22 heavy (non-hydrogen) atoms. The standard InChI is InChI=1S/C12H15N5O5/c13-7(12(18)19)3-1-2-6-14-10-8(17(20)21)4-5-9-11(10)15-16-22-9/h4-5,7,14H,1-3,6,13H2,(H,18,19)/t7-/m0/s1. The highest BCUT2D eigenvalue weighted by molar-refractivity contribution is 5.91. The first-order chi connectivity index (χ1) is 10.5. The number of aliphatic carboxylic acids is 1. The van der Waals surface area contributed by atoms with Crippen molar-refractivity contribution in [1.29, 1.82) is 0 Å². The van der Waals surface area contributed by atoms with E-state index in [2.05, 4.69) is 15.7 Å². The zero-order valence-corrected chi connectivity index (χ0v) is 11.6. The lowest BCUT2D eigenvalue weighted by molar-refractivity contribution is -0.383. The van der Waals surface area contributed by atoms with Crippen molar-refractivity contribution in [2.75, 3.05) is 11.9 Å². The lowest BCUT2D eigenvalue weighted by Crippen LogP contribution is -2.29. The summed E-state index contributed by atoms with van der Waals surface area (Å²) in [6.07, 6.45) is 1.54. The third-order valence-corrected chi connectivity index (χ3v) is 3.16. The minimum Gasteiger partial charge on any atom is -0.480 e. The van der Waals surface area contributed by atoms with E-state index in [1.54, 1.807) is 0 Å². The Labute approximate surface area is 124 Å². The van der Waals surface area contributed by atoms with Gasteiger partial charge in [-0.15, -0.1) is 5.10 Å². The molecule has 0 bridgehead atoms. The highest BCUT2D eigenvalue weighted by atomic mass is 16.6. The number of aromatic nitrogens is 2. The minimum atomic E-state index is -1.04. The molecule has 0 aliphatic heterocycles. The van der Waals surface area contributed by atoms with Crippen molar-refractivity contribution in [3.8, 4) is 0 Å². The van der Waals surface area contributed by atoms with Crippen LogP contribution in [0.5, 0.6) is 0 Å². The van der Waals surface area contributed by atoms with Gasteiger partial charge in [0.2, 0.25) is 0 Å². The SMILES string of the molecule is N[C@@H](CCCCNc1c([N+](=O)[O-])ccc2onnc12)C(=O)O. The van der Waals surface area contributed by atoms with E-state index in [1.807, 2.05) is 0 Å². The van der Waals surface area contributed by atoms with Gasteiger partial charge in [0.05, 0.1) is 4.92 Å². The lowest BCUT2D eigenvalue weighted by atomic mass is 10.1. The van der Waals surface area contributed by atoms with Crippen molar-refractivity contribution in [2.45, 2.75) is 25.3 Å². The number of nitrogens with one attached hydrogen (secondary N) is 1. The molecule has 0 aliphatic carbocycles. The van der Waals surface area contributed by atoms with Gasteiger partial charge in [-0.1, -0.05) is 0 Å². The van der Waals surface area contributed by atoms with E-state index in [0.717, 1.165) is 0 Å². The van der Waals surface area contributed by atoms with Gasteiger partial charge in [-0.25, -0.2) is 0 Å². The highest BCUT2D eigenvalue weighted by Crippen LogP contribution is 2.31. The Kier molecular flexibility index (Phi) is 4.84. The van der Waals surface area contributed by atoms with Crippen LogP contribution in [0.4, 0.5) is 11.4 Å². The fourth-order valence-corrected chi connectivity index (χ4v) is 1.99. The van der Waals surface area contributed by atoms with Crippen LogP contribution in [0.1, 0.15) is 19.3 Å². The van der Waals surface area contributed by atoms with Crippen LogP contribution < -0.4 is 11.1 Å². The van der Waals surface area contributed by atoms with E-state index in [-0.39, 0.29) is 16.9 Å². The van der Waals surface area contributed by atoms with Crippen molar-refractivity contribution in [1.82, 2.24) is 10.4 Å². The first-order valence-corrected chi connectivity index (χ1v) is 6.62. The summed E-state index contributed by atoms with van der Waals surface area (Å²) in [4.78, 5) is 21.1. The summed E-state index contributed by atoms with van der Waals surface area (Å²) >= 11 is 0. The number of rotatable bonds is 8. The topological polar surface area (TPSA) is 157 Å². The maximum absolute atomic E-state index is 11.0. The molecule has 0 saturated carbocycles. The first kappa shape index (κ1) is 15.6. The van der Waals surface area contributed by atoms with Crippen LogP contribution in [0.15, 0.2) is 16.7 Å². The number of fused-ring (bicyclic) bond motifs is 1. The molecular formula is C12H15N5O5. The molecule has 2 aromatic rings. The number of benzene rings is 1. The highest BCUT2D eigenvalue weighted by Gasteiger charge is 2.20. The number of carbonyl (C=O) groups is 1. The molecule has 0 unspecified atom stereocenters. The number of nitrogens with two attached hydrogens (primary N) is 1. The Hall–Kier alpha value is -2.75. The summed E-state index contributed by atoms with van der Waals surface area (Å²) in [6, 6.07) is 1.86. The first-order valence-electron chi connectivity index (χ1n) is 6.62. The molecule has 1 aromatic carbocycles. The molecule has 118 valence electrons. The van der Waals surface area contributed by atoms with Gasteiger partial charge in [-0.2, -0.15) is 0 Å². The molecule has 1 heterocycles. The lowest BCUT2D eigenvalue weighted by Gasteiger charge is -2.08. The second-order valence-corrected chi connectivity index (χ2v) is 4.70. The van der Waals surface area contributed by atoms with Crippen molar-refractivity contribution in [3.05, 3.63) is 22.2 Å². The van der Waals surface area contributed by atoms with Crippen LogP contribution in [0.25, 0.3) is 11.1 Å². The molecule has 0 aliphatic rings. The summed E-state index contributed by atoms with van der Waals surface area (Å²) in [5.41, 5.74) is 6.15. The molecule has 4 N–H and O–H groups in total. The van der Waals surface area contributed by atoms with Gasteiger partial charge >= 0.3 is 5.97 Å². The molecule has 0 saturated heterocycles. The summed E-state index contributed by atoms with van der Waals surface area (Å²) in [5.74, 6) is -1.04. The normalized spacial score (nSPS) is 12.2. The van der Waals surface area contributed by atoms with Crippen LogP contribution in [0, 0.1) is 10.1 Å². The average molecular weight is 309 g/mol. The summed E-state index contributed by atoms with van der Waals surface area (Å²) in [6.45, 7) is 0.416. The van der Waals surface area contributed by atoms with Gasteiger partial charge in [0.1, 0.15) is 11.7 Å². The summed E-state index contributed by atoms with van der Waals surface area (Å²) in [7, 11) is 0. The van der Waals surface area contributed by atoms with Crippen LogP contribution in [0.2, 0.25) is 0 Å². The number of hydrogen-bond acceptors (Lipinski definition) is 8. The third-order valence-electron chi connectivity index (χ3n) is 3.16. The number of anilines is 1. The Morgan fingerprint density at radius 2 is 2.27 bits per heavy atom. The van der Waals surface area contributed by atoms with Crippen LogP contribution in [0.3, 0.4) is 0 Å². The monoisotopic (exact) mass is 309 g/mol. The number of nitrogens with zero attached hydrogens (tertiary/aromatic N) is 3. The Morgan fingerprint density at radius 1 is 1.50 bits per heavy atom. The summed E-state index contributed by atoms with van der Waals surface area (Å²) in [5, 5.41) is 29.8. The molecule has 0 amide bonds. The average Bonchev–Trinajstić information content (AvgIpc) is 2.94. The van der Waals surface area contributed by atoms with E-state index in [4.69, 9.17) is 15.4 Å². The van der Waals surface area contributed by atoms with Crippen LogP contribution in [-0.2, 0) is 4.79 Å². The second kappa shape index (κ2) is 6.80. The van der Waals surface area contributed by atoms with Crippen LogP contribution in [-0.4, -0.2) is 39.0 Å². The molecule has 0 radical (unpaired) electrons. The van der Waals surface area contributed by atoms with Gasteiger partial charge in [-0.05, 0) is 25.3 Å². The zero-order chi connectivity index (χ0) is 16.1. The molecule has 1 atom stereocenters. The zero-order valence-electron chi connectivity index (χ0n) is 11.6. The molecule has 10 nitrogen and oxygen atoms in total. The van der Waals surface area contributed by atoms with Gasteiger partial charge in [0.15, 0.2) is 11.1 Å². The predicted octanol–water partition coefficient (Wildman–Crippen LogP) is 1.13. The van der Waals surface area contributed by atoms with E-state index in [9.17, 15) is 14.9 Å². The van der Waals surface area contributed by atoms with Gasteiger partial charge in [-0.3, -0.25) is 14.9 Å². The maximum atomic E-state index is 11.0. The van der Waals surface area contributed by atoms with Gasteiger partial charge < -0.3 is 20.7 Å². The maximum Gasteiger partial charge on any atom is 0.320 e. The molecule has 10 heteroatoms. The largest absolute Gasteiger partial charge is 0.480 e. The van der Waals surface area contributed by atoms with E-state index in [0.29, 0.717) is 31.4 Å². The van der Waals surface area contributed by atoms with Crippen molar-refractivity contribution < 1.29 is 19.3 Å². The van der Waals surface area contributed by atoms with E-state index in [1.165, 1.54) is 12.1 Å². The Balaban J connectivity index is 1.99. The smallest absolute Gasteiger partial charge is 0.320 e. The quantitative estimate of drug-likeness (QED) is 0.369. The minimum absolute atomic E-state index is 0.120. The Bertz CT molecular complexity index is 686. The summed E-state index contributed by atoms with van der Waals surface area (Å²) < 4.78 is 4.87. The number of unbranched alkanes of at least 4 members (excludes halogenated alkanes) is 1. The third kappa shape index (κ3) is 3.47. The molecule has 0 fully saturated rings. The van der Waals surface area contributed by atoms with Crippen molar-refractivity contribution in [3.63, 3.8) is 0 Å². The van der Waals surface area contributed by atoms with E-state index >= 15 is 0 Å². The fraction of sp³-hybridized carbons (Fsp3) is 0.417. The molecule has 0 spiro atoms.